The fourth-order valence-corrected chi connectivity index (χ4v) is 2.38. The van der Waals surface area contributed by atoms with Gasteiger partial charge in [0.1, 0.15) is 11.6 Å². The van der Waals surface area contributed by atoms with Crippen molar-refractivity contribution in [1.82, 2.24) is 10.4 Å². The molecule has 1 fully saturated rings. The second-order valence-corrected chi connectivity index (χ2v) is 5.81. The first-order chi connectivity index (χ1) is 9.94. The molecule has 1 aromatic carbocycles. The average Bonchev–Trinajstić information content (AvgIpc) is 2.73. The molecule has 0 radical (unpaired) electrons. The number of pyridine rings is 1. The molecule has 0 saturated carbocycles. The molecule has 1 aliphatic rings. The van der Waals surface area contributed by atoms with E-state index in [-0.39, 0.29) is 17.3 Å². The van der Waals surface area contributed by atoms with E-state index in [2.05, 4.69) is 10.4 Å². The third-order valence-electron chi connectivity index (χ3n) is 3.41. The molecule has 2 heterocycles. The Hall–Kier alpha value is -2.27. The summed E-state index contributed by atoms with van der Waals surface area (Å²) in [6, 6.07) is 9.89. The molecule has 4 nitrogen and oxygen atoms in total. The molecule has 2 aromatic rings. The van der Waals surface area contributed by atoms with E-state index in [1.165, 1.54) is 17.1 Å². The maximum absolute atomic E-state index is 12.9. The molecule has 0 atom stereocenters. The second-order valence-electron chi connectivity index (χ2n) is 5.81. The lowest BCUT2D eigenvalue weighted by atomic mass is 10.0. The number of hydrazine groups is 1. The Balaban J connectivity index is 1.85. The zero-order valence-corrected chi connectivity index (χ0v) is 11.9. The predicted octanol–water partition coefficient (Wildman–Crippen LogP) is 2.91. The summed E-state index contributed by atoms with van der Waals surface area (Å²) in [6.45, 7) is 3.94. The van der Waals surface area contributed by atoms with Crippen molar-refractivity contribution in [2.45, 2.75) is 25.8 Å². The van der Waals surface area contributed by atoms with Crippen LogP contribution in [0, 0.1) is 5.82 Å². The maximum Gasteiger partial charge on any atom is 0.244 e. The lowest BCUT2D eigenvalue weighted by Gasteiger charge is -2.20. The summed E-state index contributed by atoms with van der Waals surface area (Å²) in [5.41, 5.74) is 4.64. The number of carbonyl (C=O) groups excluding carboxylic acids is 1. The molecule has 0 aliphatic carbocycles. The summed E-state index contributed by atoms with van der Waals surface area (Å²) in [5, 5.41) is 1.48. The molecule has 21 heavy (non-hydrogen) atoms. The summed E-state index contributed by atoms with van der Waals surface area (Å²) >= 11 is 0. The number of nitrogens with zero attached hydrogens (tertiary/aromatic N) is 2. The minimum atomic E-state index is -0.266. The minimum Gasteiger partial charge on any atom is -0.273 e. The highest BCUT2D eigenvalue weighted by molar-refractivity contribution is 5.94. The molecule has 0 bridgehead atoms. The Morgan fingerprint density at radius 2 is 1.81 bits per heavy atom. The number of aromatic nitrogens is 1. The number of nitrogens with one attached hydrogen (secondary N) is 1. The molecule has 0 unspecified atom stereocenters. The SMILES string of the molecule is CC1(C)CC(=O)N(c2ccc(-c3ccc(F)cc3)cn2)N1. The molecule has 1 saturated heterocycles. The molecule has 3 rings (SSSR count). The van der Waals surface area contributed by atoms with Gasteiger partial charge >= 0.3 is 0 Å². The molecular formula is C16H16FN3O. The zero-order chi connectivity index (χ0) is 15.0. The normalized spacial score (nSPS) is 17.3. The highest BCUT2D eigenvalue weighted by Gasteiger charge is 2.36. The van der Waals surface area contributed by atoms with Crippen LogP contribution in [-0.2, 0) is 4.79 Å². The smallest absolute Gasteiger partial charge is 0.244 e. The number of halogens is 1. The van der Waals surface area contributed by atoms with Crippen molar-refractivity contribution in [3.05, 3.63) is 48.4 Å². The fourth-order valence-electron chi connectivity index (χ4n) is 2.38. The molecule has 1 N–H and O–H groups in total. The van der Waals surface area contributed by atoms with Crippen molar-refractivity contribution in [2.75, 3.05) is 5.01 Å². The van der Waals surface area contributed by atoms with Gasteiger partial charge in [0.2, 0.25) is 5.91 Å². The van der Waals surface area contributed by atoms with Crippen LogP contribution in [0.1, 0.15) is 20.3 Å². The predicted molar refractivity (Wildman–Crippen MR) is 78.9 cm³/mol. The number of hydrogen-bond donors (Lipinski definition) is 1. The van der Waals surface area contributed by atoms with Crippen LogP contribution in [0.4, 0.5) is 10.2 Å². The van der Waals surface area contributed by atoms with E-state index >= 15 is 0 Å². The number of hydrogen-bond acceptors (Lipinski definition) is 3. The van der Waals surface area contributed by atoms with E-state index in [1.807, 2.05) is 19.9 Å². The molecule has 5 heteroatoms. The molecular weight excluding hydrogens is 269 g/mol. The van der Waals surface area contributed by atoms with Crippen molar-refractivity contribution < 1.29 is 9.18 Å². The average molecular weight is 285 g/mol. The van der Waals surface area contributed by atoms with Crippen molar-refractivity contribution in [2.24, 2.45) is 0 Å². The van der Waals surface area contributed by atoms with Gasteiger partial charge in [-0.1, -0.05) is 12.1 Å². The maximum atomic E-state index is 12.9. The summed E-state index contributed by atoms with van der Waals surface area (Å²) in [7, 11) is 0. The van der Waals surface area contributed by atoms with E-state index in [0.717, 1.165) is 11.1 Å². The van der Waals surface area contributed by atoms with E-state index < -0.39 is 0 Å². The van der Waals surface area contributed by atoms with Crippen molar-refractivity contribution in [3.63, 3.8) is 0 Å². The van der Waals surface area contributed by atoms with Crippen LogP contribution in [-0.4, -0.2) is 16.4 Å². The van der Waals surface area contributed by atoms with Crippen LogP contribution in [0.5, 0.6) is 0 Å². The first kappa shape index (κ1) is 13.7. The Bertz CT molecular complexity index is 665. The van der Waals surface area contributed by atoms with Crippen LogP contribution >= 0.6 is 0 Å². The Morgan fingerprint density at radius 1 is 1.14 bits per heavy atom. The number of rotatable bonds is 2. The van der Waals surface area contributed by atoms with E-state index in [0.29, 0.717) is 12.2 Å². The van der Waals surface area contributed by atoms with Gasteiger partial charge < -0.3 is 0 Å². The molecule has 1 amide bonds. The van der Waals surface area contributed by atoms with Gasteiger partial charge in [-0.15, -0.1) is 0 Å². The third kappa shape index (κ3) is 2.78. The highest BCUT2D eigenvalue weighted by Crippen LogP contribution is 2.25. The first-order valence-electron chi connectivity index (χ1n) is 6.77. The fraction of sp³-hybridized carbons (Fsp3) is 0.250. The number of benzene rings is 1. The van der Waals surface area contributed by atoms with Gasteiger partial charge in [-0.2, -0.15) is 0 Å². The molecule has 1 aliphatic heterocycles. The van der Waals surface area contributed by atoms with Gasteiger partial charge in [-0.3, -0.25) is 4.79 Å². The summed E-state index contributed by atoms with van der Waals surface area (Å²) in [4.78, 5) is 16.3. The number of anilines is 1. The van der Waals surface area contributed by atoms with Crippen molar-refractivity contribution in [1.29, 1.82) is 0 Å². The van der Waals surface area contributed by atoms with Crippen LogP contribution in [0.15, 0.2) is 42.6 Å². The van der Waals surface area contributed by atoms with Gasteiger partial charge in [-0.25, -0.2) is 19.8 Å². The largest absolute Gasteiger partial charge is 0.273 e. The monoisotopic (exact) mass is 285 g/mol. The summed E-state index contributed by atoms with van der Waals surface area (Å²) < 4.78 is 12.9. The zero-order valence-electron chi connectivity index (χ0n) is 11.9. The minimum absolute atomic E-state index is 0.00188. The lowest BCUT2D eigenvalue weighted by Crippen LogP contribution is -2.42. The van der Waals surface area contributed by atoms with Crippen LogP contribution in [0.2, 0.25) is 0 Å². The van der Waals surface area contributed by atoms with E-state index in [4.69, 9.17) is 0 Å². The first-order valence-corrected chi connectivity index (χ1v) is 6.77. The van der Waals surface area contributed by atoms with Crippen molar-refractivity contribution in [3.8, 4) is 11.1 Å². The second kappa shape index (κ2) is 4.93. The Morgan fingerprint density at radius 3 is 2.33 bits per heavy atom. The summed E-state index contributed by atoms with van der Waals surface area (Å²) in [6.07, 6.45) is 2.12. The molecule has 0 spiro atoms. The van der Waals surface area contributed by atoms with Gasteiger partial charge in [0, 0.05) is 23.7 Å². The van der Waals surface area contributed by atoms with Gasteiger partial charge in [0.15, 0.2) is 0 Å². The highest BCUT2D eigenvalue weighted by atomic mass is 19.1. The van der Waals surface area contributed by atoms with E-state index in [9.17, 15) is 9.18 Å². The molecule has 1 aromatic heterocycles. The van der Waals surface area contributed by atoms with Crippen LogP contribution in [0.3, 0.4) is 0 Å². The van der Waals surface area contributed by atoms with Crippen LogP contribution in [0.25, 0.3) is 11.1 Å². The standard InChI is InChI=1S/C16H16FN3O/c1-16(2)9-15(21)20(19-16)14-8-5-12(10-18-14)11-3-6-13(17)7-4-11/h3-8,10,19H,9H2,1-2H3. The van der Waals surface area contributed by atoms with Crippen LogP contribution < -0.4 is 10.4 Å². The quantitative estimate of drug-likeness (QED) is 0.922. The Labute approximate surface area is 122 Å². The number of amides is 1. The van der Waals surface area contributed by atoms with E-state index in [1.54, 1.807) is 24.4 Å². The van der Waals surface area contributed by atoms with Gasteiger partial charge in [0.25, 0.3) is 0 Å². The third-order valence-corrected chi connectivity index (χ3v) is 3.41. The Kier molecular flexibility index (Phi) is 3.22. The number of carbonyl (C=O) groups is 1. The van der Waals surface area contributed by atoms with Gasteiger partial charge in [0.05, 0.1) is 0 Å². The summed E-state index contributed by atoms with van der Waals surface area (Å²) in [5.74, 6) is 0.302. The lowest BCUT2D eigenvalue weighted by molar-refractivity contribution is -0.117. The topological polar surface area (TPSA) is 45.2 Å². The molecule has 108 valence electrons. The van der Waals surface area contributed by atoms with Crippen molar-refractivity contribution >= 4 is 11.7 Å². The van der Waals surface area contributed by atoms with Gasteiger partial charge in [-0.05, 0) is 43.7 Å².